The van der Waals surface area contributed by atoms with Gasteiger partial charge in [0.15, 0.2) is 0 Å². The maximum absolute atomic E-state index is 12.5. The van der Waals surface area contributed by atoms with E-state index in [0.29, 0.717) is 5.56 Å². The lowest BCUT2D eigenvalue weighted by molar-refractivity contribution is 0.0695. The molecule has 0 bridgehead atoms. The van der Waals surface area contributed by atoms with Crippen molar-refractivity contribution < 1.29 is 9.90 Å². The molecule has 3 rings (SSSR count). The molecule has 0 aliphatic carbocycles. The highest BCUT2D eigenvalue weighted by Crippen LogP contribution is 2.39. The van der Waals surface area contributed by atoms with Crippen molar-refractivity contribution in [2.24, 2.45) is 0 Å². The Balaban J connectivity index is 2.21. The number of para-hydroxylation sites is 1. The predicted octanol–water partition coefficient (Wildman–Crippen LogP) is 6.15. The quantitative estimate of drug-likeness (QED) is 0.253. The molecule has 1 unspecified atom stereocenters. The molecule has 0 aliphatic rings. The number of carboxylic acid groups (broad SMARTS) is 1. The Morgan fingerprint density at radius 2 is 1.43 bits per heavy atom. The monoisotopic (exact) mass is 473 g/mol. The topological polar surface area (TPSA) is 47.0 Å². The summed E-state index contributed by atoms with van der Waals surface area (Å²) in [6.07, 6.45) is 0. The van der Waals surface area contributed by atoms with E-state index in [1.54, 1.807) is 0 Å². The lowest BCUT2D eigenvalue weighted by Crippen LogP contribution is -2.36. The average Bonchev–Trinajstić information content (AvgIpc) is 2.89. The molecule has 0 saturated carbocycles. The van der Waals surface area contributed by atoms with Crippen molar-refractivity contribution in [2.45, 2.75) is 33.6 Å². The van der Waals surface area contributed by atoms with Crippen LogP contribution >= 0.6 is 0 Å². The van der Waals surface area contributed by atoms with Crippen molar-refractivity contribution in [2.75, 3.05) is 49.7 Å². The summed E-state index contributed by atoms with van der Waals surface area (Å²) < 4.78 is 0. The van der Waals surface area contributed by atoms with Crippen LogP contribution in [-0.4, -0.2) is 55.9 Å². The molecule has 0 heterocycles. The molecule has 35 heavy (non-hydrogen) atoms. The number of hydrogen-bond donors (Lipinski definition) is 1. The minimum atomic E-state index is -0.899. The fourth-order valence-corrected chi connectivity index (χ4v) is 4.82. The average molecular weight is 474 g/mol. The Morgan fingerprint density at radius 3 is 2.03 bits per heavy atom. The molecule has 3 aromatic rings. The number of rotatable bonds is 12. The summed E-state index contributed by atoms with van der Waals surface area (Å²) in [7, 11) is 2.11. The zero-order valence-electron chi connectivity index (χ0n) is 21.7. The number of nitrogens with zero attached hydrogens (tertiary/aromatic N) is 3. The molecule has 1 atom stereocenters. The first kappa shape index (κ1) is 26.3. The van der Waals surface area contributed by atoms with Gasteiger partial charge >= 0.3 is 5.97 Å². The maximum atomic E-state index is 12.5. The summed E-state index contributed by atoms with van der Waals surface area (Å²) >= 11 is 0. The zero-order chi connectivity index (χ0) is 25.4. The number of anilines is 2. The highest BCUT2D eigenvalue weighted by Gasteiger charge is 2.26. The van der Waals surface area contributed by atoms with Crippen LogP contribution in [0.3, 0.4) is 0 Å². The molecular formula is C30H39N3O2. The van der Waals surface area contributed by atoms with Gasteiger partial charge in [-0.2, -0.15) is 0 Å². The summed E-state index contributed by atoms with van der Waals surface area (Å²) in [5.74, 6) is -1.10. The van der Waals surface area contributed by atoms with E-state index < -0.39 is 5.97 Å². The van der Waals surface area contributed by atoms with E-state index in [-0.39, 0.29) is 5.92 Å². The van der Waals surface area contributed by atoms with Gasteiger partial charge in [0.1, 0.15) is 0 Å². The van der Waals surface area contributed by atoms with E-state index in [0.717, 1.165) is 60.9 Å². The Morgan fingerprint density at radius 1 is 0.800 bits per heavy atom. The number of benzene rings is 3. The van der Waals surface area contributed by atoms with Crippen LogP contribution in [0.4, 0.5) is 11.4 Å². The normalized spacial score (nSPS) is 11.9. The van der Waals surface area contributed by atoms with Gasteiger partial charge in [0.25, 0.3) is 0 Å². The molecule has 3 aromatic carbocycles. The molecule has 0 radical (unpaired) electrons. The summed E-state index contributed by atoms with van der Waals surface area (Å²) in [5, 5.41) is 10.3. The van der Waals surface area contributed by atoms with Crippen LogP contribution < -0.4 is 9.80 Å². The van der Waals surface area contributed by atoms with E-state index in [1.807, 2.05) is 36.4 Å². The second-order valence-corrected chi connectivity index (χ2v) is 8.79. The van der Waals surface area contributed by atoms with Crippen molar-refractivity contribution in [1.82, 2.24) is 4.90 Å². The molecule has 5 nitrogen and oxygen atoms in total. The molecule has 0 saturated heterocycles. The summed E-state index contributed by atoms with van der Waals surface area (Å²) in [4.78, 5) is 19.4. The maximum Gasteiger partial charge on any atom is 0.336 e. The molecule has 0 spiro atoms. The van der Waals surface area contributed by atoms with Crippen LogP contribution in [0.15, 0.2) is 72.8 Å². The van der Waals surface area contributed by atoms with Gasteiger partial charge in [-0.15, -0.1) is 0 Å². The van der Waals surface area contributed by atoms with Crippen molar-refractivity contribution in [3.8, 4) is 0 Å². The fourth-order valence-electron chi connectivity index (χ4n) is 4.82. The number of carboxylic acids is 1. The second-order valence-electron chi connectivity index (χ2n) is 8.79. The van der Waals surface area contributed by atoms with Crippen LogP contribution in [0.25, 0.3) is 0 Å². The van der Waals surface area contributed by atoms with Crippen LogP contribution in [0.2, 0.25) is 0 Å². The molecule has 0 amide bonds. The summed E-state index contributed by atoms with van der Waals surface area (Å²) in [6.45, 7) is 12.9. The van der Waals surface area contributed by atoms with E-state index >= 15 is 0 Å². The molecule has 0 aliphatic heterocycles. The summed E-state index contributed by atoms with van der Waals surface area (Å²) in [5.41, 5.74) is 5.39. The van der Waals surface area contributed by atoms with Crippen LogP contribution in [0, 0.1) is 0 Å². The molecule has 0 fully saturated rings. The zero-order valence-corrected chi connectivity index (χ0v) is 21.7. The van der Waals surface area contributed by atoms with Crippen molar-refractivity contribution >= 4 is 17.3 Å². The Labute approximate surface area is 210 Å². The lowest BCUT2D eigenvalue weighted by atomic mass is 9.81. The molecule has 0 aromatic heterocycles. The van der Waals surface area contributed by atoms with Gasteiger partial charge in [-0.3, -0.25) is 4.90 Å². The smallest absolute Gasteiger partial charge is 0.336 e. The van der Waals surface area contributed by atoms with E-state index in [4.69, 9.17) is 0 Å². The van der Waals surface area contributed by atoms with Gasteiger partial charge in [0.2, 0.25) is 0 Å². The number of aromatic carboxylic acids is 1. The molecule has 186 valence electrons. The van der Waals surface area contributed by atoms with Gasteiger partial charge in [-0.05, 0) is 61.8 Å². The number of carbonyl (C=O) groups is 1. The third kappa shape index (κ3) is 6.04. The largest absolute Gasteiger partial charge is 0.478 e. The van der Waals surface area contributed by atoms with Crippen molar-refractivity contribution in [1.29, 1.82) is 0 Å². The van der Waals surface area contributed by atoms with Gasteiger partial charge in [-0.1, -0.05) is 68.4 Å². The van der Waals surface area contributed by atoms with Gasteiger partial charge in [0, 0.05) is 37.4 Å². The Bertz CT molecular complexity index is 1090. The fraction of sp³-hybridized carbons (Fsp3) is 0.367. The Hall–Kier alpha value is -3.31. The van der Waals surface area contributed by atoms with Crippen LogP contribution in [-0.2, 0) is 0 Å². The first-order chi connectivity index (χ1) is 16.9. The molecule has 5 heteroatoms. The minimum absolute atomic E-state index is 0.205. The lowest BCUT2D eigenvalue weighted by Gasteiger charge is -2.32. The second kappa shape index (κ2) is 12.4. The van der Waals surface area contributed by atoms with Crippen molar-refractivity contribution in [3.63, 3.8) is 0 Å². The third-order valence-electron chi connectivity index (χ3n) is 6.81. The predicted molar refractivity (Wildman–Crippen MR) is 147 cm³/mol. The number of hydrogen-bond acceptors (Lipinski definition) is 4. The van der Waals surface area contributed by atoms with Crippen LogP contribution in [0.5, 0.6) is 0 Å². The van der Waals surface area contributed by atoms with Crippen LogP contribution in [0.1, 0.15) is 60.7 Å². The van der Waals surface area contributed by atoms with Gasteiger partial charge < -0.3 is 14.9 Å². The highest BCUT2D eigenvalue weighted by atomic mass is 16.4. The van der Waals surface area contributed by atoms with E-state index in [2.05, 4.69) is 85.8 Å². The summed E-state index contributed by atoms with van der Waals surface area (Å²) in [6, 6.07) is 24.5. The Kier molecular flexibility index (Phi) is 9.32. The highest BCUT2D eigenvalue weighted by molar-refractivity contribution is 5.91. The molecular weight excluding hydrogens is 434 g/mol. The standard InChI is InChI=1S/C30H39N3O2/c1-6-32(7-2)22-31(5)28-18-14-13-17-26(28)29(23-15-11-10-12-16-23)25-20-19-24(33(8-3)9-4)21-27(25)30(34)35/h10-21,29H,6-9,22H2,1-5H3,(H,34,35). The van der Waals surface area contributed by atoms with Crippen molar-refractivity contribution in [3.05, 3.63) is 95.1 Å². The van der Waals surface area contributed by atoms with E-state index in [1.165, 1.54) is 0 Å². The first-order valence-corrected chi connectivity index (χ1v) is 12.6. The third-order valence-corrected chi connectivity index (χ3v) is 6.81. The van der Waals surface area contributed by atoms with E-state index in [9.17, 15) is 9.90 Å². The SMILES string of the molecule is CCN(CC)CN(C)c1ccccc1C(c1ccccc1)c1ccc(N(CC)CC)cc1C(=O)O. The molecule has 1 N–H and O–H groups in total. The van der Waals surface area contributed by atoms with Gasteiger partial charge in [0.05, 0.1) is 12.2 Å². The first-order valence-electron chi connectivity index (χ1n) is 12.6. The minimum Gasteiger partial charge on any atom is -0.478 e. The van der Waals surface area contributed by atoms with Gasteiger partial charge in [-0.25, -0.2) is 4.79 Å².